The SMILES string of the molecule is COc1ccc(CNC2C(C)(C)C2(C)C)cc1F. The molecule has 1 aromatic rings. The quantitative estimate of drug-likeness (QED) is 0.886. The third-order valence-electron chi connectivity index (χ3n) is 4.75. The molecule has 0 heterocycles. The van der Waals surface area contributed by atoms with Crippen LogP contribution in [0.4, 0.5) is 4.39 Å². The van der Waals surface area contributed by atoms with E-state index in [2.05, 4.69) is 33.0 Å². The lowest BCUT2D eigenvalue weighted by Crippen LogP contribution is -2.21. The van der Waals surface area contributed by atoms with Crippen molar-refractivity contribution in [2.45, 2.75) is 40.3 Å². The van der Waals surface area contributed by atoms with Crippen molar-refractivity contribution in [3.05, 3.63) is 29.6 Å². The molecule has 0 spiro atoms. The van der Waals surface area contributed by atoms with Gasteiger partial charge in [0.2, 0.25) is 0 Å². The van der Waals surface area contributed by atoms with Crippen molar-refractivity contribution in [1.29, 1.82) is 0 Å². The number of methoxy groups -OCH3 is 1. The summed E-state index contributed by atoms with van der Waals surface area (Å²) in [7, 11) is 1.48. The molecule has 0 saturated heterocycles. The molecule has 0 atom stereocenters. The van der Waals surface area contributed by atoms with E-state index in [0.717, 1.165) is 5.56 Å². The van der Waals surface area contributed by atoms with Crippen LogP contribution in [-0.2, 0) is 6.54 Å². The summed E-state index contributed by atoms with van der Waals surface area (Å²) < 4.78 is 18.5. The monoisotopic (exact) mass is 251 g/mol. The number of ether oxygens (including phenoxy) is 1. The van der Waals surface area contributed by atoms with E-state index in [1.807, 2.05) is 6.07 Å². The van der Waals surface area contributed by atoms with Crippen LogP contribution in [0, 0.1) is 16.6 Å². The molecule has 0 aromatic heterocycles. The maximum atomic E-state index is 13.5. The van der Waals surface area contributed by atoms with Crippen LogP contribution in [0.25, 0.3) is 0 Å². The summed E-state index contributed by atoms with van der Waals surface area (Å²) in [4.78, 5) is 0. The molecule has 0 radical (unpaired) electrons. The van der Waals surface area contributed by atoms with Gasteiger partial charge in [0.15, 0.2) is 11.6 Å². The van der Waals surface area contributed by atoms with E-state index in [9.17, 15) is 4.39 Å². The lowest BCUT2D eigenvalue weighted by atomic mass is 10.0. The third kappa shape index (κ3) is 2.01. The molecule has 0 unspecified atom stereocenters. The molecule has 1 aliphatic carbocycles. The van der Waals surface area contributed by atoms with Crippen LogP contribution in [0.15, 0.2) is 18.2 Å². The second kappa shape index (κ2) is 4.23. The first-order valence-corrected chi connectivity index (χ1v) is 6.36. The van der Waals surface area contributed by atoms with Crippen LogP contribution in [0.3, 0.4) is 0 Å². The van der Waals surface area contributed by atoms with E-state index in [-0.39, 0.29) is 5.82 Å². The molecule has 100 valence electrons. The number of rotatable bonds is 4. The van der Waals surface area contributed by atoms with Gasteiger partial charge >= 0.3 is 0 Å². The van der Waals surface area contributed by atoms with Crippen molar-refractivity contribution in [1.82, 2.24) is 5.32 Å². The van der Waals surface area contributed by atoms with E-state index < -0.39 is 0 Å². The number of hydrogen-bond donors (Lipinski definition) is 1. The Morgan fingerprint density at radius 3 is 2.28 bits per heavy atom. The molecule has 3 heteroatoms. The summed E-state index contributed by atoms with van der Waals surface area (Å²) in [6.07, 6.45) is 0. The minimum Gasteiger partial charge on any atom is -0.494 e. The first-order chi connectivity index (χ1) is 8.30. The Labute approximate surface area is 109 Å². The van der Waals surface area contributed by atoms with Gasteiger partial charge in [-0.05, 0) is 28.5 Å². The van der Waals surface area contributed by atoms with Crippen LogP contribution in [0.5, 0.6) is 5.75 Å². The molecule has 1 fully saturated rings. The lowest BCUT2D eigenvalue weighted by molar-refractivity contribution is 0.386. The normalized spacial score (nSPS) is 20.8. The van der Waals surface area contributed by atoms with Crippen LogP contribution in [-0.4, -0.2) is 13.2 Å². The van der Waals surface area contributed by atoms with Gasteiger partial charge in [-0.25, -0.2) is 4.39 Å². The Bertz CT molecular complexity index is 440. The zero-order valence-electron chi connectivity index (χ0n) is 11.8. The van der Waals surface area contributed by atoms with Gasteiger partial charge < -0.3 is 10.1 Å². The smallest absolute Gasteiger partial charge is 0.165 e. The molecule has 0 aliphatic heterocycles. The van der Waals surface area contributed by atoms with Gasteiger partial charge in [-0.1, -0.05) is 33.8 Å². The Hall–Kier alpha value is -1.09. The standard InChI is InChI=1S/C15H22FNO/c1-14(2)13(15(14,3)4)17-9-10-6-7-12(18-5)11(16)8-10/h6-8,13,17H,9H2,1-5H3. The van der Waals surface area contributed by atoms with Crippen molar-refractivity contribution in [3.8, 4) is 5.75 Å². The predicted molar refractivity (Wildman–Crippen MR) is 71.1 cm³/mol. The molecule has 1 aliphatic rings. The first-order valence-electron chi connectivity index (χ1n) is 6.36. The largest absolute Gasteiger partial charge is 0.494 e. The Morgan fingerprint density at radius 2 is 1.83 bits per heavy atom. The van der Waals surface area contributed by atoms with Crippen LogP contribution in [0.2, 0.25) is 0 Å². The summed E-state index contributed by atoms with van der Waals surface area (Å²) in [6, 6.07) is 5.59. The van der Waals surface area contributed by atoms with Crippen molar-refractivity contribution in [2.75, 3.05) is 7.11 Å². The fourth-order valence-electron chi connectivity index (χ4n) is 2.75. The van der Waals surface area contributed by atoms with E-state index in [1.54, 1.807) is 6.07 Å². The van der Waals surface area contributed by atoms with Gasteiger partial charge in [-0.2, -0.15) is 0 Å². The minimum atomic E-state index is -0.300. The summed E-state index contributed by atoms with van der Waals surface area (Å²) >= 11 is 0. The van der Waals surface area contributed by atoms with Gasteiger partial charge in [-0.15, -0.1) is 0 Å². The molecular formula is C15H22FNO. The zero-order chi connectivity index (χ0) is 13.6. The highest BCUT2D eigenvalue weighted by Gasteiger charge is 2.64. The van der Waals surface area contributed by atoms with E-state index in [1.165, 1.54) is 13.2 Å². The molecule has 0 bridgehead atoms. The van der Waals surface area contributed by atoms with Gasteiger partial charge in [0.25, 0.3) is 0 Å². The maximum absolute atomic E-state index is 13.5. The van der Waals surface area contributed by atoms with E-state index in [4.69, 9.17) is 4.74 Å². The van der Waals surface area contributed by atoms with Gasteiger partial charge in [0.1, 0.15) is 0 Å². The average Bonchev–Trinajstić information content (AvgIpc) is 2.67. The Balaban J connectivity index is 1.98. The number of halogens is 1. The fraction of sp³-hybridized carbons (Fsp3) is 0.600. The highest BCUT2D eigenvalue weighted by Crippen LogP contribution is 2.62. The average molecular weight is 251 g/mol. The molecule has 2 nitrogen and oxygen atoms in total. The molecule has 18 heavy (non-hydrogen) atoms. The topological polar surface area (TPSA) is 21.3 Å². The number of hydrogen-bond acceptors (Lipinski definition) is 2. The van der Waals surface area contributed by atoms with Crippen molar-refractivity contribution in [2.24, 2.45) is 10.8 Å². The first kappa shape index (κ1) is 13.3. The molecule has 1 aromatic carbocycles. The summed E-state index contributed by atoms with van der Waals surface area (Å²) in [6.45, 7) is 9.75. The van der Waals surface area contributed by atoms with E-state index >= 15 is 0 Å². The summed E-state index contributed by atoms with van der Waals surface area (Å²) in [5, 5.41) is 3.51. The second-order valence-electron chi connectivity index (χ2n) is 6.23. The van der Waals surface area contributed by atoms with Crippen molar-refractivity contribution >= 4 is 0 Å². The molecule has 1 saturated carbocycles. The van der Waals surface area contributed by atoms with Gasteiger partial charge in [0.05, 0.1) is 7.11 Å². The van der Waals surface area contributed by atoms with Crippen LogP contribution >= 0.6 is 0 Å². The summed E-state index contributed by atoms with van der Waals surface area (Å²) in [5.74, 6) is -0.00282. The van der Waals surface area contributed by atoms with Crippen molar-refractivity contribution in [3.63, 3.8) is 0 Å². The summed E-state index contributed by atoms with van der Waals surface area (Å²) in [5.41, 5.74) is 1.56. The van der Waals surface area contributed by atoms with Crippen LogP contribution < -0.4 is 10.1 Å². The molecule has 0 amide bonds. The lowest BCUT2D eigenvalue weighted by Gasteiger charge is -2.08. The van der Waals surface area contributed by atoms with E-state index in [0.29, 0.717) is 29.2 Å². The second-order valence-corrected chi connectivity index (χ2v) is 6.23. The number of benzene rings is 1. The highest BCUT2D eigenvalue weighted by atomic mass is 19.1. The molecule has 2 rings (SSSR count). The van der Waals surface area contributed by atoms with Gasteiger partial charge in [-0.3, -0.25) is 0 Å². The molecule has 1 N–H and O–H groups in total. The van der Waals surface area contributed by atoms with Crippen molar-refractivity contribution < 1.29 is 9.13 Å². The van der Waals surface area contributed by atoms with Crippen LogP contribution in [0.1, 0.15) is 33.3 Å². The fourth-order valence-corrected chi connectivity index (χ4v) is 2.75. The Morgan fingerprint density at radius 1 is 1.22 bits per heavy atom. The third-order valence-corrected chi connectivity index (χ3v) is 4.75. The highest BCUT2D eigenvalue weighted by molar-refractivity contribution is 5.29. The maximum Gasteiger partial charge on any atom is 0.165 e. The minimum absolute atomic E-state index is 0.297. The van der Waals surface area contributed by atoms with Gasteiger partial charge in [0, 0.05) is 12.6 Å². The molecular weight excluding hydrogens is 229 g/mol. The predicted octanol–water partition coefficient (Wildman–Crippen LogP) is 3.36. The zero-order valence-corrected chi connectivity index (χ0v) is 11.8. The number of nitrogens with one attached hydrogen (secondary N) is 1. The Kier molecular flexibility index (Phi) is 3.14.